The number of benzene rings is 1. The molecule has 6 nitrogen and oxygen atoms in total. The maximum Gasteiger partial charge on any atom is 0.328 e. The summed E-state index contributed by atoms with van der Waals surface area (Å²) in [5.41, 5.74) is 0.283. The van der Waals surface area contributed by atoms with Gasteiger partial charge in [-0.25, -0.2) is 9.18 Å². The number of esters is 2. The van der Waals surface area contributed by atoms with Gasteiger partial charge in [0.1, 0.15) is 11.9 Å². The summed E-state index contributed by atoms with van der Waals surface area (Å²) in [5, 5.41) is 2.43. The van der Waals surface area contributed by atoms with Crippen LogP contribution in [-0.2, 0) is 30.3 Å². The van der Waals surface area contributed by atoms with E-state index in [-0.39, 0.29) is 24.8 Å². The lowest BCUT2D eigenvalue weighted by atomic mass is 10.1. The molecule has 7 heteroatoms. The first-order chi connectivity index (χ1) is 10.5. The summed E-state index contributed by atoms with van der Waals surface area (Å²) in [6.07, 6.45) is -0.267. The summed E-state index contributed by atoms with van der Waals surface area (Å²) >= 11 is 0. The van der Waals surface area contributed by atoms with Crippen LogP contribution in [0.2, 0.25) is 0 Å². The fourth-order valence-electron chi connectivity index (χ4n) is 1.80. The largest absolute Gasteiger partial charge is 0.469 e. The highest BCUT2D eigenvalue weighted by Crippen LogP contribution is 2.10. The molecule has 0 saturated carbocycles. The van der Waals surface area contributed by atoms with Crippen molar-refractivity contribution in [1.29, 1.82) is 0 Å². The number of halogens is 1. The molecule has 1 atom stereocenters. The van der Waals surface area contributed by atoms with Crippen molar-refractivity contribution < 1.29 is 28.2 Å². The van der Waals surface area contributed by atoms with Gasteiger partial charge in [0.25, 0.3) is 0 Å². The minimum Gasteiger partial charge on any atom is -0.469 e. The first-order valence-electron chi connectivity index (χ1n) is 6.65. The molecule has 0 radical (unpaired) electrons. The molecule has 1 aromatic rings. The van der Waals surface area contributed by atoms with E-state index in [9.17, 15) is 18.8 Å². The molecule has 1 aromatic carbocycles. The van der Waals surface area contributed by atoms with Crippen LogP contribution < -0.4 is 5.32 Å². The van der Waals surface area contributed by atoms with Gasteiger partial charge in [0.2, 0.25) is 5.91 Å². The van der Waals surface area contributed by atoms with E-state index in [1.165, 1.54) is 32.4 Å². The van der Waals surface area contributed by atoms with Crippen LogP contribution >= 0.6 is 0 Å². The zero-order chi connectivity index (χ0) is 16.5. The number of ether oxygens (including phenoxy) is 2. The lowest BCUT2D eigenvalue weighted by molar-refractivity contribution is -0.145. The Balaban J connectivity index is 2.69. The van der Waals surface area contributed by atoms with Crippen LogP contribution in [0.15, 0.2) is 24.3 Å². The molecule has 1 N–H and O–H groups in total. The highest BCUT2D eigenvalue weighted by Gasteiger charge is 2.23. The van der Waals surface area contributed by atoms with Crippen LogP contribution in [-0.4, -0.2) is 38.1 Å². The number of hydrogen-bond acceptors (Lipinski definition) is 5. The Morgan fingerprint density at radius 2 is 1.82 bits per heavy atom. The van der Waals surface area contributed by atoms with Crippen molar-refractivity contribution in [1.82, 2.24) is 5.32 Å². The van der Waals surface area contributed by atoms with Crippen molar-refractivity contribution in [3.63, 3.8) is 0 Å². The Kier molecular flexibility index (Phi) is 7.01. The van der Waals surface area contributed by atoms with Crippen molar-refractivity contribution in [2.45, 2.75) is 25.3 Å². The molecule has 0 aliphatic heterocycles. The van der Waals surface area contributed by atoms with Gasteiger partial charge in [-0.2, -0.15) is 0 Å². The zero-order valence-corrected chi connectivity index (χ0v) is 12.4. The third kappa shape index (κ3) is 5.51. The number of amides is 1. The van der Waals surface area contributed by atoms with Crippen LogP contribution in [0.5, 0.6) is 0 Å². The molecule has 0 aromatic heterocycles. The lowest BCUT2D eigenvalue weighted by Crippen LogP contribution is -2.43. The maximum absolute atomic E-state index is 13.6. The minimum absolute atomic E-state index is 0.0384. The number of nitrogens with one attached hydrogen (secondary N) is 1. The average Bonchev–Trinajstić information content (AvgIpc) is 2.53. The van der Waals surface area contributed by atoms with Crippen molar-refractivity contribution >= 4 is 17.8 Å². The summed E-state index contributed by atoms with van der Waals surface area (Å²) < 4.78 is 22.7. The van der Waals surface area contributed by atoms with Crippen LogP contribution in [0.1, 0.15) is 18.4 Å². The SMILES string of the molecule is COC(=O)CCC(=O)N[C@@H](Cc1ccccc1F)C(=O)OC. The number of methoxy groups -OCH3 is 2. The normalized spacial score (nSPS) is 11.4. The van der Waals surface area contributed by atoms with E-state index < -0.39 is 29.7 Å². The van der Waals surface area contributed by atoms with Crippen molar-refractivity contribution in [3.05, 3.63) is 35.6 Å². The fraction of sp³-hybridized carbons (Fsp3) is 0.400. The van der Waals surface area contributed by atoms with Gasteiger partial charge in [-0.15, -0.1) is 0 Å². The van der Waals surface area contributed by atoms with Crippen molar-refractivity contribution in [2.24, 2.45) is 0 Å². The van der Waals surface area contributed by atoms with Gasteiger partial charge in [-0.1, -0.05) is 18.2 Å². The smallest absolute Gasteiger partial charge is 0.328 e. The predicted octanol–water partition coefficient (Wildman–Crippen LogP) is 0.979. The van der Waals surface area contributed by atoms with Gasteiger partial charge < -0.3 is 14.8 Å². The second-order valence-electron chi connectivity index (χ2n) is 4.51. The molecule has 1 amide bonds. The topological polar surface area (TPSA) is 81.7 Å². The van der Waals surface area contributed by atoms with Crippen LogP contribution in [0.25, 0.3) is 0 Å². The molecule has 120 valence electrons. The van der Waals surface area contributed by atoms with E-state index in [1.807, 2.05) is 0 Å². The van der Waals surface area contributed by atoms with Gasteiger partial charge in [-0.3, -0.25) is 9.59 Å². The third-order valence-electron chi connectivity index (χ3n) is 2.99. The zero-order valence-electron chi connectivity index (χ0n) is 12.4. The molecule has 0 fully saturated rings. The van der Waals surface area contributed by atoms with E-state index in [0.29, 0.717) is 0 Å². The van der Waals surface area contributed by atoms with E-state index in [1.54, 1.807) is 6.07 Å². The minimum atomic E-state index is -1.02. The van der Waals surface area contributed by atoms with Crippen LogP contribution in [0, 0.1) is 5.82 Å². The quantitative estimate of drug-likeness (QED) is 0.759. The van der Waals surface area contributed by atoms with E-state index >= 15 is 0 Å². The molecule has 0 saturated heterocycles. The Labute approximate surface area is 127 Å². The number of carbonyl (C=O) groups excluding carboxylic acids is 3. The number of carbonyl (C=O) groups is 3. The third-order valence-corrected chi connectivity index (χ3v) is 2.99. The molecule has 0 aliphatic rings. The highest BCUT2D eigenvalue weighted by atomic mass is 19.1. The first kappa shape index (κ1) is 17.6. The maximum atomic E-state index is 13.6. The van der Waals surface area contributed by atoms with Crippen molar-refractivity contribution in [2.75, 3.05) is 14.2 Å². The molecule has 0 spiro atoms. The van der Waals surface area contributed by atoms with Crippen LogP contribution in [0.3, 0.4) is 0 Å². The second-order valence-corrected chi connectivity index (χ2v) is 4.51. The summed E-state index contributed by atoms with van der Waals surface area (Å²) in [5.74, 6) is -2.20. The monoisotopic (exact) mass is 311 g/mol. The first-order valence-corrected chi connectivity index (χ1v) is 6.65. The predicted molar refractivity (Wildman–Crippen MR) is 75.3 cm³/mol. The van der Waals surface area contributed by atoms with Gasteiger partial charge in [0, 0.05) is 12.8 Å². The molecule has 0 heterocycles. The summed E-state index contributed by atoms with van der Waals surface area (Å²) in [7, 11) is 2.40. The Morgan fingerprint density at radius 3 is 2.41 bits per heavy atom. The standard InChI is InChI=1S/C15H18FNO5/c1-21-14(19)8-7-13(18)17-12(15(20)22-2)9-10-5-3-4-6-11(10)16/h3-6,12H,7-9H2,1-2H3,(H,17,18)/t12-/m0/s1. The summed E-state index contributed by atoms with van der Waals surface area (Å²) in [6.45, 7) is 0. The van der Waals surface area contributed by atoms with E-state index in [4.69, 9.17) is 0 Å². The Morgan fingerprint density at radius 1 is 1.14 bits per heavy atom. The second kappa shape index (κ2) is 8.76. The van der Waals surface area contributed by atoms with E-state index in [0.717, 1.165) is 0 Å². The van der Waals surface area contributed by atoms with Gasteiger partial charge in [-0.05, 0) is 11.6 Å². The molecule has 1 rings (SSSR count). The van der Waals surface area contributed by atoms with Crippen molar-refractivity contribution in [3.8, 4) is 0 Å². The molecule has 0 bridgehead atoms. The average molecular weight is 311 g/mol. The molecular formula is C15H18FNO5. The number of rotatable bonds is 7. The van der Waals surface area contributed by atoms with Gasteiger partial charge in [0.05, 0.1) is 20.6 Å². The van der Waals surface area contributed by atoms with E-state index in [2.05, 4.69) is 14.8 Å². The molecule has 0 unspecified atom stereocenters. The lowest BCUT2D eigenvalue weighted by Gasteiger charge is -2.16. The van der Waals surface area contributed by atoms with Gasteiger partial charge >= 0.3 is 11.9 Å². The highest BCUT2D eigenvalue weighted by molar-refractivity contribution is 5.86. The van der Waals surface area contributed by atoms with Gasteiger partial charge in [0.15, 0.2) is 0 Å². The Hall–Kier alpha value is -2.44. The van der Waals surface area contributed by atoms with Crippen LogP contribution in [0.4, 0.5) is 4.39 Å². The molecular weight excluding hydrogens is 293 g/mol. The Bertz CT molecular complexity index is 546. The summed E-state index contributed by atoms with van der Waals surface area (Å²) in [4.78, 5) is 34.4. The number of hydrogen-bond donors (Lipinski definition) is 1. The fourth-order valence-corrected chi connectivity index (χ4v) is 1.80. The molecule has 22 heavy (non-hydrogen) atoms. The molecule has 0 aliphatic carbocycles. The summed E-state index contributed by atoms with van der Waals surface area (Å²) in [6, 6.07) is 4.92.